The molecule has 2 aromatic rings. The van der Waals surface area contributed by atoms with E-state index >= 15 is 0 Å². The van der Waals surface area contributed by atoms with Gasteiger partial charge in [-0.25, -0.2) is 13.8 Å². The molecular weight excluding hydrogens is 200 g/mol. The van der Waals surface area contributed by atoms with Crippen LogP contribution >= 0.6 is 0 Å². The van der Waals surface area contributed by atoms with E-state index in [4.69, 9.17) is 5.73 Å². The predicted octanol–water partition coefficient (Wildman–Crippen LogP) is 2.00. The number of benzene rings is 1. The van der Waals surface area contributed by atoms with Gasteiger partial charge < -0.3 is 5.73 Å². The molecule has 2 rings (SSSR count). The molecule has 0 atom stereocenters. The summed E-state index contributed by atoms with van der Waals surface area (Å²) in [5.41, 5.74) is 6.26. The van der Waals surface area contributed by atoms with Gasteiger partial charge in [0.05, 0.1) is 18.1 Å². The fourth-order valence-corrected chi connectivity index (χ4v) is 1.14. The molecule has 76 valence electrons. The van der Waals surface area contributed by atoms with Gasteiger partial charge in [0, 0.05) is 5.56 Å². The Bertz CT molecular complexity index is 483. The lowest BCUT2D eigenvalue weighted by Crippen LogP contribution is -1.93. The molecule has 0 aliphatic carbocycles. The van der Waals surface area contributed by atoms with Gasteiger partial charge in [0.15, 0.2) is 11.6 Å². The van der Waals surface area contributed by atoms with Crippen LogP contribution in [0.4, 0.5) is 14.6 Å². The van der Waals surface area contributed by atoms with E-state index in [-0.39, 0.29) is 5.82 Å². The van der Waals surface area contributed by atoms with Crippen molar-refractivity contribution in [3.05, 3.63) is 42.2 Å². The van der Waals surface area contributed by atoms with E-state index in [1.165, 1.54) is 18.5 Å². The number of anilines is 1. The maximum atomic E-state index is 12.9. The number of nitrogens with two attached hydrogens (primary N) is 1. The van der Waals surface area contributed by atoms with Crippen LogP contribution in [0.1, 0.15) is 0 Å². The van der Waals surface area contributed by atoms with Gasteiger partial charge in [0.1, 0.15) is 5.82 Å². The van der Waals surface area contributed by atoms with Gasteiger partial charge in [0.2, 0.25) is 0 Å². The van der Waals surface area contributed by atoms with Crippen molar-refractivity contribution in [3.8, 4) is 11.3 Å². The van der Waals surface area contributed by atoms with Gasteiger partial charge >= 0.3 is 0 Å². The summed E-state index contributed by atoms with van der Waals surface area (Å²) in [5.74, 6) is -1.52. The molecule has 1 aromatic heterocycles. The highest BCUT2D eigenvalue weighted by molar-refractivity contribution is 5.58. The molecular formula is C10H7F2N3. The Labute approximate surface area is 84.6 Å². The van der Waals surface area contributed by atoms with Crippen LogP contribution in [0, 0.1) is 11.6 Å². The summed E-state index contributed by atoms with van der Waals surface area (Å²) in [5, 5.41) is 0. The number of aromatic nitrogens is 2. The van der Waals surface area contributed by atoms with Crippen LogP contribution in [0.5, 0.6) is 0 Å². The Morgan fingerprint density at radius 3 is 2.40 bits per heavy atom. The molecule has 0 amide bonds. The predicted molar refractivity (Wildman–Crippen MR) is 51.8 cm³/mol. The minimum atomic E-state index is -0.911. The van der Waals surface area contributed by atoms with E-state index in [1.54, 1.807) is 0 Å². The van der Waals surface area contributed by atoms with Gasteiger partial charge in [-0.05, 0) is 18.2 Å². The first-order chi connectivity index (χ1) is 7.16. The Hall–Kier alpha value is -2.04. The van der Waals surface area contributed by atoms with Crippen LogP contribution in [0.2, 0.25) is 0 Å². The van der Waals surface area contributed by atoms with Crippen LogP contribution in [0.3, 0.4) is 0 Å². The van der Waals surface area contributed by atoms with Crippen LogP contribution < -0.4 is 5.73 Å². The Kier molecular flexibility index (Phi) is 2.29. The van der Waals surface area contributed by atoms with Crippen molar-refractivity contribution in [1.29, 1.82) is 0 Å². The minimum absolute atomic E-state index is 0.279. The number of rotatable bonds is 1. The van der Waals surface area contributed by atoms with Crippen molar-refractivity contribution in [1.82, 2.24) is 9.97 Å². The first-order valence-corrected chi connectivity index (χ1v) is 4.20. The molecule has 0 radical (unpaired) electrons. The molecule has 0 bridgehead atoms. The van der Waals surface area contributed by atoms with E-state index in [2.05, 4.69) is 9.97 Å². The fourth-order valence-electron chi connectivity index (χ4n) is 1.14. The van der Waals surface area contributed by atoms with Crippen LogP contribution in [0.25, 0.3) is 11.3 Å². The zero-order chi connectivity index (χ0) is 10.8. The van der Waals surface area contributed by atoms with E-state index in [0.717, 1.165) is 12.1 Å². The van der Waals surface area contributed by atoms with Gasteiger partial charge in [-0.2, -0.15) is 0 Å². The Morgan fingerprint density at radius 2 is 1.80 bits per heavy atom. The summed E-state index contributed by atoms with van der Waals surface area (Å²) >= 11 is 0. The summed E-state index contributed by atoms with van der Waals surface area (Å²) < 4.78 is 25.5. The van der Waals surface area contributed by atoms with Crippen molar-refractivity contribution in [2.24, 2.45) is 0 Å². The molecule has 0 aliphatic heterocycles. The highest BCUT2D eigenvalue weighted by Gasteiger charge is 2.05. The normalized spacial score (nSPS) is 10.3. The smallest absolute Gasteiger partial charge is 0.159 e. The molecule has 0 aliphatic rings. The lowest BCUT2D eigenvalue weighted by Gasteiger charge is -2.01. The lowest BCUT2D eigenvalue weighted by atomic mass is 10.1. The second kappa shape index (κ2) is 3.61. The maximum Gasteiger partial charge on any atom is 0.159 e. The monoisotopic (exact) mass is 207 g/mol. The third-order valence-corrected chi connectivity index (χ3v) is 1.89. The second-order valence-electron chi connectivity index (χ2n) is 2.96. The number of hydrogen-bond donors (Lipinski definition) is 1. The van der Waals surface area contributed by atoms with Crippen LogP contribution in [-0.4, -0.2) is 9.97 Å². The summed E-state index contributed by atoms with van der Waals surface area (Å²) in [6.07, 6.45) is 2.76. The molecule has 0 unspecified atom stereocenters. The van der Waals surface area contributed by atoms with Crippen molar-refractivity contribution in [3.63, 3.8) is 0 Å². The van der Waals surface area contributed by atoms with E-state index in [1.807, 2.05) is 0 Å². The van der Waals surface area contributed by atoms with Crippen molar-refractivity contribution < 1.29 is 8.78 Å². The summed E-state index contributed by atoms with van der Waals surface area (Å²) in [6.45, 7) is 0. The van der Waals surface area contributed by atoms with E-state index in [0.29, 0.717) is 11.3 Å². The van der Waals surface area contributed by atoms with Gasteiger partial charge in [0.25, 0.3) is 0 Å². The molecule has 2 N–H and O–H groups in total. The maximum absolute atomic E-state index is 12.9. The fraction of sp³-hybridized carbons (Fsp3) is 0. The van der Waals surface area contributed by atoms with Crippen molar-refractivity contribution in [2.45, 2.75) is 0 Å². The SMILES string of the molecule is Nc1cnc(-c2ccc(F)c(F)c2)cn1. The average molecular weight is 207 g/mol. The first-order valence-electron chi connectivity index (χ1n) is 4.20. The van der Waals surface area contributed by atoms with Gasteiger partial charge in [-0.15, -0.1) is 0 Å². The summed E-state index contributed by atoms with van der Waals surface area (Å²) in [4.78, 5) is 7.75. The third kappa shape index (κ3) is 1.90. The zero-order valence-corrected chi connectivity index (χ0v) is 7.61. The molecule has 1 aromatic carbocycles. The second-order valence-corrected chi connectivity index (χ2v) is 2.96. The molecule has 3 nitrogen and oxygen atoms in total. The highest BCUT2D eigenvalue weighted by Crippen LogP contribution is 2.18. The zero-order valence-electron chi connectivity index (χ0n) is 7.61. The highest BCUT2D eigenvalue weighted by atomic mass is 19.2. The minimum Gasteiger partial charge on any atom is -0.382 e. The number of halogens is 2. The van der Waals surface area contributed by atoms with E-state index in [9.17, 15) is 8.78 Å². The summed E-state index contributed by atoms with van der Waals surface area (Å²) in [6, 6.07) is 3.54. The number of nitrogen functional groups attached to an aromatic ring is 1. The van der Waals surface area contributed by atoms with Crippen LogP contribution in [-0.2, 0) is 0 Å². The quantitative estimate of drug-likeness (QED) is 0.778. The largest absolute Gasteiger partial charge is 0.382 e. The van der Waals surface area contributed by atoms with Crippen LogP contribution in [0.15, 0.2) is 30.6 Å². The van der Waals surface area contributed by atoms with Gasteiger partial charge in [-0.3, -0.25) is 4.98 Å². The Morgan fingerprint density at radius 1 is 1.00 bits per heavy atom. The topological polar surface area (TPSA) is 51.8 Å². The first kappa shape index (κ1) is 9.51. The average Bonchev–Trinajstić information content (AvgIpc) is 2.23. The van der Waals surface area contributed by atoms with Crippen molar-refractivity contribution >= 4 is 5.82 Å². The molecule has 0 saturated heterocycles. The third-order valence-electron chi connectivity index (χ3n) is 1.89. The van der Waals surface area contributed by atoms with Gasteiger partial charge in [-0.1, -0.05) is 0 Å². The molecule has 0 spiro atoms. The molecule has 0 saturated carbocycles. The van der Waals surface area contributed by atoms with E-state index < -0.39 is 11.6 Å². The number of nitrogens with zero attached hydrogens (tertiary/aromatic N) is 2. The molecule has 15 heavy (non-hydrogen) atoms. The molecule has 1 heterocycles. The lowest BCUT2D eigenvalue weighted by molar-refractivity contribution is 0.509. The summed E-state index contributed by atoms with van der Waals surface area (Å²) in [7, 11) is 0. The Balaban J connectivity index is 2.45. The standard InChI is InChI=1S/C10H7F2N3/c11-7-2-1-6(3-8(7)12)9-4-15-10(13)5-14-9/h1-5H,(H2,13,15). The molecule has 5 heteroatoms. The number of hydrogen-bond acceptors (Lipinski definition) is 3. The van der Waals surface area contributed by atoms with Crippen molar-refractivity contribution in [2.75, 3.05) is 5.73 Å². The molecule has 0 fully saturated rings.